The summed E-state index contributed by atoms with van der Waals surface area (Å²) in [6.07, 6.45) is 2.24. The fourth-order valence-corrected chi connectivity index (χ4v) is 3.45. The lowest BCUT2D eigenvalue weighted by Crippen LogP contribution is -2.38. The number of likely N-dealkylation sites (tertiary alicyclic amines) is 1. The van der Waals surface area contributed by atoms with Crippen LogP contribution in [0.5, 0.6) is 5.75 Å². The maximum Gasteiger partial charge on any atom is 0.120 e. The van der Waals surface area contributed by atoms with Gasteiger partial charge in [0.05, 0.1) is 7.11 Å². The van der Waals surface area contributed by atoms with Crippen LogP contribution in [0.15, 0.2) is 30.3 Å². The van der Waals surface area contributed by atoms with Gasteiger partial charge >= 0.3 is 0 Å². The molecule has 5 heteroatoms. The number of rotatable bonds is 5. The summed E-state index contributed by atoms with van der Waals surface area (Å²) in [4.78, 5) is 2.48. The van der Waals surface area contributed by atoms with Crippen LogP contribution in [-0.2, 0) is 13.6 Å². The minimum atomic E-state index is 0.495. The van der Waals surface area contributed by atoms with E-state index in [9.17, 15) is 5.26 Å². The van der Waals surface area contributed by atoms with Gasteiger partial charge in [-0.15, -0.1) is 0 Å². The van der Waals surface area contributed by atoms with E-state index in [0.717, 1.165) is 49.6 Å². The topological polar surface area (TPSA) is 53.2 Å². The van der Waals surface area contributed by atoms with Gasteiger partial charge in [-0.2, -0.15) is 5.26 Å². The summed E-state index contributed by atoms with van der Waals surface area (Å²) in [5, 5.41) is 12.8. The Kier molecular flexibility index (Phi) is 5.30. The highest BCUT2D eigenvalue weighted by atomic mass is 16.5. The lowest BCUT2D eigenvalue weighted by Gasteiger charge is -2.33. The van der Waals surface area contributed by atoms with E-state index >= 15 is 0 Å². The first-order valence-corrected chi connectivity index (χ1v) is 8.79. The molecule has 1 fully saturated rings. The van der Waals surface area contributed by atoms with E-state index in [1.807, 2.05) is 35.9 Å². The van der Waals surface area contributed by atoms with Crippen LogP contribution in [-0.4, -0.2) is 35.7 Å². The summed E-state index contributed by atoms with van der Waals surface area (Å²) < 4.78 is 7.26. The number of piperidine rings is 1. The minimum Gasteiger partial charge on any atom is -0.497 e. The van der Waals surface area contributed by atoms with Crippen LogP contribution in [0.25, 0.3) is 0 Å². The molecule has 1 aromatic carbocycles. The zero-order chi connectivity index (χ0) is 17.8. The smallest absolute Gasteiger partial charge is 0.120 e. The quantitative estimate of drug-likeness (QED) is 0.909. The second-order valence-electron chi connectivity index (χ2n) is 6.74. The molecule has 0 saturated carbocycles. The molecule has 25 heavy (non-hydrogen) atoms. The standard InChI is InChI=1S/C20H26N4O/c1-15-16(11-19(13-21)23(15)2)14-24-9-7-17(8-10-24)22-18-5-4-6-20(12-18)25-3/h4-6,11-12,17,22H,7-10,14H2,1-3H3. The highest BCUT2D eigenvalue weighted by molar-refractivity contribution is 5.48. The fourth-order valence-electron chi connectivity index (χ4n) is 3.45. The maximum absolute atomic E-state index is 9.17. The molecule has 0 radical (unpaired) electrons. The molecule has 2 aromatic rings. The van der Waals surface area contributed by atoms with Gasteiger partial charge < -0.3 is 14.6 Å². The molecule has 132 valence electrons. The monoisotopic (exact) mass is 338 g/mol. The van der Waals surface area contributed by atoms with Crippen molar-refractivity contribution in [2.75, 3.05) is 25.5 Å². The van der Waals surface area contributed by atoms with Crippen molar-refractivity contribution in [3.05, 3.63) is 47.3 Å². The second-order valence-corrected chi connectivity index (χ2v) is 6.74. The third-order valence-corrected chi connectivity index (χ3v) is 5.18. The fraction of sp³-hybridized carbons (Fsp3) is 0.450. The Morgan fingerprint density at radius 3 is 2.68 bits per heavy atom. The van der Waals surface area contributed by atoms with Gasteiger partial charge in [0.1, 0.15) is 17.5 Å². The van der Waals surface area contributed by atoms with Gasteiger partial charge in [-0.3, -0.25) is 4.90 Å². The van der Waals surface area contributed by atoms with Crippen molar-refractivity contribution < 1.29 is 4.74 Å². The number of hydrogen-bond acceptors (Lipinski definition) is 4. The average Bonchev–Trinajstić information content (AvgIpc) is 2.91. The van der Waals surface area contributed by atoms with E-state index < -0.39 is 0 Å². The maximum atomic E-state index is 9.17. The predicted molar refractivity (Wildman–Crippen MR) is 99.8 cm³/mol. The zero-order valence-electron chi connectivity index (χ0n) is 15.2. The highest BCUT2D eigenvalue weighted by Gasteiger charge is 2.20. The van der Waals surface area contributed by atoms with Crippen LogP contribution in [0.1, 0.15) is 29.8 Å². The van der Waals surface area contributed by atoms with E-state index in [0.29, 0.717) is 6.04 Å². The number of hydrogen-bond donors (Lipinski definition) is 1. The number of nitrogens with one attached hydrogen (secondary N) is 1. The highest BCUT2D eigenvalue weighted by Crippen LogP contribution is 2.22. The van der Waals surface area contributed by atoms with Crippen molar-refractivity contribution in [3.63, 3.8) is 0 Å². The first-order chi connectivity index (χ1) is 12.1. The number of anilines is 1. The number of benzene rings is 1. The Balaban J connectivity index is 1.54. The molecule has 0 aliphatic carbocycles. The number of aromatic nitrogens is 1. The molecule has 3 rings (SSSR count). The molecule has 1 saturated heterocycles. The van der Waals surface area contributed by atoms with Crippen molar-refractivity contribution in [3.8, 4) is 11.8 Å². The van der Waals surface area contributed by atoms with Crippen molar-refractivity contribution >= 4 is 5.69 Å². The Morgan fingerprint density at radius 2 is 2.04 bits per heavy atom. The van der Waals surface area contributed by atoms with Crippen LogP contribution < -0.4 is 10.1 Å². The molecular weight excluding hydrogens is 312 g/mol. The molecule has 1 aliphatic heterocycles. The first-order valence-electron chi connectivity index (χ1n) is 8.79. The molecule has 1 aromatic heterocycles. The van der Waals surface area contributed by atoms with Crippen molar-refractivity contribution in [2.45, 2.75) is 32.4 Å². The molecule has 0 amide bonds. The Labute approximate surface area is 149 Å². The molecule has 1 N–H and O–H groups in total. The molecule has 0 atom stereocenters. The van der Waals surface area contributed by atoms with Gasteiger partial charge in [0.15, 0.2) is 0 Å². The van der Waals surface area contributed by atoms with Gasteiger partial charge in [0, 0.05) is 50.2 Å². The third kappa shape index (κ3) is 3.97. The zero-order valence-corrected chi connectivity index (χ0v) is 15.2. The lowest BCUT2D eigenvalue weighted by molar-refractivity contribution is 0.211. The SMILES string of the molecule is COc1cccc(NC2CCN(Cc3cc(C#N)n(C)c3C)CC2)c1. The van der Waals surface area contributed by atoms with E-state index in [1.165, 1.54) is 11.3 Å². The summed E-state index contributed by atoms with van der Waals surface area (Å²) in [6, 6.07) is 12.9. The third-order valence-electron chi connectivity index (χ3n) is 5.18. The Morgan fingerprint density at radius 1 is 1.28 bits per heavy atom. The predicted octanol–water partition coefficient (Wildman–Crippen LogP) is 3.29. The number of methoxy groups -OCH3 is 1. The Bertz CT molecular complexity index is 766. The number of nitrogens with zero attached hydrogens (tertiary/aromatic N) is 3. The number of ether oxygens (including phenoxy) is 1. The van der Waals surface area contributed by atoms with Gasteiger partial charge in [-0.25, -0.2) is 0 Å². The van der Waals surface area contributed by atoms with E-state index in [1.54, 1.807) is 7.11 Å². The van der Waals surface area contributed by atoms with Gasteiger partial charge in [0.2, 0.25) is 0 Å². The molecule has 5 nitrogen and oxygen atoms in total. The molecule has 0 bridgehead atoms. The summed E-state index contributed by atoms with van der Waals surface area (Å²) >= 11 is 0. The van der Waals surface area contributed by atoms with Gasteiger partial charge in [-0.05, 0) is 43.5 Å². The van der Waals surface area contributed by atoms with Crippen molar-refractivity contribution in [1.82, 2.24) is 9.47 Å². The van der Waals surface area contributed by atoms with E-state index in [2.05, 4.69) is 29.3 Å². The van der Waals surface area contributed by atoms with E-state index in [4.69, 9.17) is 4.74 Å². The van der Waals surface area contributed by atoms with Crippen LogP contribution in [0, 0.1) is 18.3 Å². The summed E-state index contributed by atoms with van der Waals surface area (Å²) in [6.45, 7) is 5.15. The molecule has 0 spiro atoms. The molecule has 1 aliphatic rings. The van der Waals surface area contributed by atoms with Crippen LogP contribution in [0.2, 0.25) is 0 Å². The average molecular weight is 338 g/mol. The largest absolute Gasteiger partial charge is 0.497 e. The number of nitriles is 1. The summed E-state index contributed by atoms with van der Waals surface area (Å²) in [7, 11) is 3.66. The second kappa shape index (κ2) is 7.62. The lowest BCUT2D eigenvalue weighted by atomic mass is 10.0. The molecular formula is C20H26N4O. The van der Waals surface area contributed by atoms with Gasteiger partial charge in [-0.1, -0.05) is 6.07 Å². The van der Waals surface area contributed by atoms with E-state index in [-0.39, 0.29) is 0 Å². The normalized spacial score (nSPS) is 15.8. The van der Waals surface area contributed by atoms with Crippen LogP contribution in [0.4, 0.5) is 5.69 Å². The minimum absolute atomic E-state index is 0.495. The molecule has 2 heterocycles. The molecule has 0 unspecified atom stereocenters. The summed E-state index contributed by atoms with van der Waals surface area (Å²) in [5.74, 6) is 0.885. The first kappa shape index (κ1) is 17.4. The van der Waals surface area contributed by atoms with Gasteiger partial charge in [0.25, 0.3) is 0 Å². The Hall–Kier alpha value is -2.45. The van der Waals surface area contributed by atoms with Crippen LogP contribution in [0.3, 0.4) is 0 Å². The summed E-state index contributed by atoms with van der Waals surface area (Å²) in [5.41, 5.74) is 4.31. The van der Waals surface area contributed by atoms with Crippen molar-refractivity contribution in [1.29, 1.82) is 5.26 Å². The van der Waals surface area contributed by atoms with Crippen LogP contribution >= 0.6 is 0 Å². The van der Waals surface area contributed by atoms with Crippen molar-refractivity contribution in [2.24, 2.45) is 7.05 Å².